The van der Waals surface area contributed by atoms with Gasteiger partial charge in [0, 0.05) is 20.0 Å². The summed E-state index contributed by atoms with van der Waals surface area (Å²) < 4.78 is 4.84. The van der Waals surface area contributed by atoms with Crippen LogP contribution in [0.5, 0.6) is 0 Å². The number of hydrogen-bond donors (Lipinski definition) is 1. The van der Waals surface area contributed by atoms with Crippen molar-refractivity contribution in [1.82, 2.24) is 0 Å². The van der Waals surface area contributed by atoms with Crippen molar-refractivity contribution < 1.29 is 9.84 Å². The van der Waals surface area contributed by atoms with Gasteiger partial charge in [-0.15, -0.1) is 6.58 Å². The summed E-state index contributed by atoms with van der Waals surface area (Å²) >= 11 is 0. The van der Waals surface area contributed by atoms with Crippen LogP contribution in [0.4, 0.5) is 0 Å². The summed E-state index contributed by atoms with van der Waals surface area (Å²) in [5.74, 6) is -1.27. The molecule has 0 fully saturated rings. The lowest BCUT2D eigenvalue weighted by Gasteiger charge is -2.20. The molecule has 9 heavy (non-hydrogen) atoms. The van der Waals surface area contributed by atoms with Crippen LogP contribution in [0.1, 0.15) is 13.3 Å². The minimum absolute atomic E-state index is 0.362. The fourth-order valence-corrected chi connectivity index (χ4v) is 0.553. The van der Waals surface area contributed by atoms with Crippen molar-refractivity contribution in [2.75, 3.05) is 6.61 Å². The molecule has 1 atom stereocenters. The molecular weight excluding hydrogens is 116 g/mol. The van der Waals surface area contributed by atoms with Gasteiger partial charge in [-0.2, -0.15) is 0 Å². The normalized spacial score (nSPS) is 16.8. The van der Waals surface area contributed by atoms with Crippen molar-refractivity contribution in [3.63, 3.8) is 0 Å². The summed E-state index contributed by atoms with van der Waals surface area (Å²) in [5, 5.41) is 9.11. The molecule has 0 saturated carbocycles. The van der Waals surface area contributed by atoms with E-state index < -0.39 is 5.79 Å². The molecule has 2 heteroatoms. The molecule has 1 unspecified atom stereocenters. The van der Waals surface area contributed by atoms with Crippen LogP contribution in [0.15, 0.2) is 12.7 Å². The maximum atomic E-state index is 9.11. The van der Waals surface area contributed by atoms with Crippen LogP contribution in [0, 0.1) is 6.92 Å². The lowest BCUT2D eigenvalue weighted by atomic mass is 10.2. The van der Waals surface area contributed by atoms with Crippen molar-refractivity contribution in [3.8, 4) is 0 Å². The van der Waals surface area contributed by atoms with Gasteiger partial charge in [-0.1, -0.05) is 6.08 Å². The highest BCUT2D eigenvalue weighted by molar-refractivity contribution is 4.80. The van der Waals surface area contributed by atoms with E-state index in [1.54, 1.807) is 13.0 Å². The summed E-state index contributed by atoms with van der Waals surface area (Å²) in [7, 11) is 0. The smallest absolute Gasteiger partial charge is 0.169 e. The van der Waals surface area contributed by atoms with Crippen molar-refractivity contribution >= 4 is 0 Å². The molecular formula is C7H13O2. The predicted molar refractivity (Wildman–Crippen MR) is 36.7 cm³/mol. The number of ether oxygens (including phenoxy) is 1. The van der Waals surface area contributed by atoms with E-state index in [-0.39, 0.29) is 0 Å². The summed E-state index contributed by atoms with van der Waals surface area (Å²) in [6, 6.07) is 0. The van der Waals surface area contributed by atoms with Gasteiger partial charge in [0.25, 0.3) is 0 Å². The van der Waals surface area contributed by atoms with Gasteiger partial charge in [0.2, 0.25) is 0 Å². The molecule has 0 spiro atoms. The Balaban J connectivity index is 3.55. The van der Waals surface area contributed by atoms with Crippen molar-refractivity contribution in [2.24, 2.45) is 0 Å². The molecule has 0 aromatic carbocycles. The zero-order valence-corrected chi connectivity index (χ0v) is 5.76. The quantitative estimate of drug-likeness (QED) is 0.455. The lowest BCUT2D eigenvalue weighted by molar-refractivity contribution is -0.162. The first kappa shape index (κ1) is 8.66. The SMILES string of the molecule is [CH2]C(O)(CC=C)OCC. The van der Waals surface area contributed by atoms with Crippen LogP contribution < -0.4 is 0 Å². The molecule has 0 aliphatic rings. The van der Waals surface area contributed by atoms with Crippen LogP contribution in [-0.2, 0) is 4.74 Å². The minimum Gasteiger partial charge on any atom is -0.365 e. The summed E-state index contributed by atoms with van der Waals surface area (Å²) in [6.07, 6.45) is 1.93. The molecule has 1 N–H and O–H groups in total. The van der Waals surface area contributed by atoms with E-state index in [1.165, 1.54) is 0 Å². The molecule has 0 aliphatic carbocycles. The fourth-order valence-electron chi connectivity index (χ4n) is 0.553. The minimum atomic E-state index is -1.27. The predicted octanol–water partition coefficient (Wildman–Crippen LogP) is 1.12. The van der Waals surface area contributed by atoms with Crippen LogP contribution in [-0.4, -0.2) is 17.5 Å². The summed E-state index contributed by atoms with van der Waals surface area (Å²) in [6.45, 7) is 9.13. The van der Waals surface area contributed by atoms with E-state index in [2.05, 4.69) is 13.5 Å². The van der Waals surface area contributed by atoms with E-state index in [0.717, 1.165) is 0 Å². The second kappa shape index (κ2) is 3.64. The third-order valence-corrected chi connectivity index (χ3v) is 0.876. The highest BCUT2D eigenvalue weighted by Gasteiger charge is 2.16. The Morgan fingerprint density at radius 1 is 1.78 bits per heavy atom. The zero-order valence-electron chi connectivity index (χ0n) is 5.76. The molecule has 0 heterocycles. The lowest BCUT2D eigenvalue weighted by Crippen LogP contribution is -2.27. The molecule has 1 radical (unpaired) electrons. The van der Waals surface area contributed by atoms with Crippen LogP contribution >= 0.6 is 0 Å². The molecule has 0 saturated heterocycles. The molecule has 0 aliphatic heterocycles. The summed E-state index contributed by atoms with van der Waals surface area (Å²) in [4.78, 5) is 0. The first-order valence-electron chi connectivity index (χ1n) is 2.95. The average molecular weight is 129 g/mol. The highest BCUT2D eigenvalue weighted by atomic mass is 16.6. The van der Waals surface area contributed by atoms with Crippen LogP contribution in [0.3, 0.4) is 0 Å². The Kier molecular flexibility index (Phi) is 3.50. The van der Waals surface area contributed by atoms with Gasteiger partial charge in [-0.25, -0.2) is 0 Å². The Labute approximate surface area is 56.1 Å². The Hall–Kier alpha value is -0.340. The number of aliphatic hydroxyl groups is 1. The van der Waals surface area contributed by atoms with Crippen LogP contribution in [0.25, 0.3) is 0 Å². The topological polar surface area (TPSA) is 29.5 Å². The number of rotatable bonds is 4. The third kappa shape index (κ3) is 4.18. The van der Waals surface area contributed by atoms with Gasteiger partial charge in [-0.3, -0.25) is 0 Å². The van der Waals surface area contributed by atoms with Gasteiger partial charge in [0.15, 0.2) is 5.79 Å². The van der Waals surface area contributed by atoms with Crippen molar-refractivity contribution in [2.45, 2.75) is 19.1 Å². The second-order valence-corrected chi connectivity index (χ2v) is 1.87. The zero-order chi connectivity index (χ0) is 7.33. The largest absolute Gasteiger partial charge is 0.365 e. The molecule has 2 nitrogen and oxygen atoms in total. The second-order valence-electron chi connectivity index (χ2n) is 1.87. The third-order valence-electron chi connectivity index (χ3n) is 0.876. The van der Waals surface area contributed by atoms with Gasteiger partial charge in [-0.05, 0) is 6.92 Å². The van der Waals surface area contributed by atoms with Gasteiger partial charge < -0.3 is 9.84 Å². The Bertz CT molecular complexity index is 86.9. The van der Waals surface area contributed by atoms with E-state index in [0.29, 0.717) is 13.0 Å². The highest BCUT2D eigenvalue weighted by Crippen LogP contribution is 2.09. The van der Waals surface area contributed by atoms with Crippen molar-refractivity contribution in [3.05, 3.63) is 19.6 Å². The molecule has 0 aromatic rings. The first-order valence-corrected chi connectivity index (χ1v) is 2.95. The van der Waals surface area contributed by atoms with Gasteiger partial charge in [0.1, 0.15) is 0 Å². The van der Waals surface area contributed by atoms with Crippen LogP contribution in [0.2, 0.25) is 0 Å². The van der Waals surface area contributed by atoms with E-state index in [9.17, 15) is 0 Å². The average Bonchev–Trinajstić information content (AvgIpc) is 1.64. The standard InChI is InChI=1S/C7H13O2/c1-4-6-7(3,8)9-5-2/h4,8H,1,3,5-6H2,2H3. The maximum absolute atomic E-state index is 9.11. The monoisotopic (exact) mass is 129 g/mol. The molecule has 53 valence electrons. The maximum Gasteiger partial charge on any atom is 0.169 e. The molecule has 0 amide bonds. The molecule has 0 rings (SSSR count). The Morgan fingerprint density at radius 3 is 2.67 bits per heavy atom. The van der Waals surface area contributed by atoms with Gasteiger partial charge in [0.05, 0.1) is 0 Å². The summed E-state index contributed by atoms with van der Waals surface area (Å²) in [5.41, 5.74) is 0. The van der Waals surface area contributed by atoms with E-state index in [1.807, 2.05) is 0 Å². The van der Waals surface area contributed by atoms with Gasteiger partial charge >= 0.3 is 0 Å². The number of hydrogen-bond acceptors (Lipinski definition) is 2. The fraction of sp³-hybridized carbons (Fsp3) is 0.571. The van der Waals surface area contributed by atoms with E-state index >= 15 is 0 Å². The van der Waals surface area contributed by atoms with E-state index in [4.69, 9.17) is 9.84 Å². The van der Waals surface area contributed by atoms with Crippen molar-refractivity contribution in [1.29, 1.82) is 0 Å². The molecule has 0 aromatic heterocycles. The first-order chi connectivity index (χ1) is 4.12. The Morgan fingerprint density at radius 2 is 2.33 bits per heavy atom. The molecule has 0 bridgehead atoms.